The van der Waals surface area contributed by atoms with Gasteiger partial charge in [-0.1, -0.05) is 129 Å². The average Bonchev–Trinajstić information content (AvgIpc) is 3.45. The molecule has 2 bridgehead atoms. The summed E-state index contributed by atoms with van der Waals surface area (Å²) in [6.07, 6.45) is 5.29. The molecule has 0 N–H and O–H groups in total. The van der Waals surface area contributed by atoms with Crippen molar-refractivity contribution in [3.05, 3.63) is 145 Å². The van der Waals surface area contributed by atoms with Crippen LogP contribution >= 0.6 is 0 Å². The van der Waals surface area contributed by atoms with E-state index in [0.29, 0.717) is 11.8 Å². The summed E-state index contributed by atoms with van der Waals surface area (Å²) in [6, 6.07) is 49.4. The highest BCUT2D eigenvalue weighted by Gasteiger charge is 2.56. The summed E-state index contributed by atoms with van der Waals surface area (Å²) < 4.78 is 0. The molecular formula is C49H40N2. The Morgan fingerprint density at radius 1 is 0.490 bits per heavy atom. The first-order valence-corrected chi connectivity index (χ1v) is 18.9. The number of rotatable bonds is 2. The Bertz CT molecular complexity index is 2710. The molecule has 5 atom stereocenters. The number of benzene rings is 7. The summed E-state index contributed by atoms with van der Waals surface area (Å²) in [5, 5.41) is 7.42. The van der Waals surface area contributed by atoms with Gasteiger partial charge in [0, 0.05) is 27.3 Å². The molecule has 1 aromatic heterocycles. The van der Waals surface area contributed by atoms with Crippen molar-refractivity contribution in [3.8, 4) is 33.6 Å². The quantitative estimate of drug-likeness (QED) is 0.173. The Balaban J connectivity index is 1.22. The lowest BCUT2D eigenvalue weighted by Gasteiger charge is -2.54. The van der Waals surface area contributed by atoms with Gasteiger partial charge in [-0.15, -0.1) is 0 Å². The summed E-state index contributed by atoms with van der Waals surface area (Å²) in [5.41, 5.74) is 12.0. The van der Waals surface area contributed by atoms with Crippen LogP contribution in [0.4, 0.5) is 0 Å². The van der Waals surface area contributed by atoms with E-state index < -0.39 is 0 Å². The number of nitrogens with zero attached hydrogens (tertiary/aromatic N) is 2. The van der Waals surface area contributed by atoms with Gasteiger partial charge in [0.05, 0.1) is 22.4 Å². The lowest BCUT2D eigenvalue weighted by atomic mass is 9.49. The second-order valence-corrected chi connectivity index (χ2v) is 16.0. The molecule has 0 aliphatic heterocycles. The lowest BCUT2D eigenvalue weighted by molar-refractivity contribution is 0.0427. The van der Waals surface area contributed by atoms with Gasteiger partial charge in [-0.05, 0) is 111 Å². The number of hydrogen-bond donors (Lipinski definition) is 0. The van der Waals surface area contributed by atoms with Crippen LogP contribution in [0.3, 0.4) is 0 Å². The highest BCUT2D eigenvalue weighted by atomic mass is 14.8. The fourth-order valence-electron chi connectivity index (χ4n) is 11.2. The molecule has 0 radical (unpaired) electrons. The van der Waals surface area contributed by atoms with E-state index in [-0.39, 0.29) is 5.41 Å². The van der Waals surface area contributed by atoms with E-state index >= 15 is 0 Å². The largest absolute Gasteiger partial charge is 0.243 e. The predicted octanol–water partition coefficient (Wildman–Crippen LogP) is 12.8. The molecule has 2 nitrogen and oxygen atoms in total. The van der Waals surface area contributed by atoms with Gasteiger partial charge in [-0.3, -0.25) is 0 Å². The van der Waals surface area contributed by atoms with E-state index in [1.807, 2.05) is 0 Å². The maximum atomic E-state index is 5.68. The van der Waals surface area contributed by atoms with Gasteiger partial charge in [-0.2, -0.15) is 0 Å². The number of hydrogen-bond acceptors (Lipinski definition) is 2. The first-order chi connectivity index (χ1) is 25.1. The van der Waals surface area contributed by atoms with Crippen LogP contribution in [0.15, 0.2) is 133 Å². The second-order valence-electron chi connectivity index (χ2n) is 16.0. The highest BCUT2D eigenvalue weighted by molar-refractivity contribution is 6.23. The zero-order chi connectivity index (χ0) is 33.8. The SMILES string of the molecule is CC1CC2CC(C)C3(c4cc(-c5nc6c7ccccc7c7ccccc7c6nc5-c5ccccc5)ccc4-c4cc5ccccc5cc43)C(C1)C2. The normalized spacial score (nSPS) is 23.6. The Kier molecular flexibility index (Phi) is 6.24. The maximum absolute atomic E-state index is 5.68. The van der Waals surface area contributed by atoms with Gasteiger partial charge < -0.3 is 0 Å². The third kappa shape index (κ3) is 4.11. The van der Waals surface area contributed by atoms with Crippen LogP contribution in [0.5, 0.6) is 0 Å². The molecule has 0 amide bonds. The Morgan fingerprint density at radius 3 is 1.78 bits per heavy atom. The van der Waals surface area contributed by atoms with E-state index in [0.717, 1.165) is 56.2 Å². The fraction of sp³-hybridized carbons (Fsp3) is 0.224. The van der Waals surface area contributed by atoms with Crippen LogP contribution < -0.4 is 0 Å². The van der Waals surface area contributed by atoms with Crippen molar-refractivity contribution in [3.63, 3.8) is 0 Å². The first-order valence-electron chi connectivity index (χ1n) is 18.9. The summed E-state index contributed by atoms with van der Waals surface area (Å²) in [6.45, 7) is 5.07. The van der Waals surface area contributed by atoms with Crippen molar-refractivity contribution in [1.82, 2.24) is 9.97 Å². The summed E-state index contributed by atoms with van der Waals surface area (Å²) >= 11 is 0. The van der Waals surface area contributed by atoms with Crippen LogP contribution in [0.25, 0.3) is 77.0 Å². The molecule has 2 heteroatoms. The van der Waals surface area contributed by atoms with E-state index in [2.05, 4.69) is 147 Å². The van der Waals surface area contributed by atoms with Gasteiger partial charge in [0.15, 0.2) is 0 Å². The molecule has 1 heterocycles. The van der Waals surface area contributed by atoms with Crippen LogP contribution in [-0.4, -0.2) is 9.97 Å². The van der Waals surface area contributed by atoms with E-state index in [1.54, 1.807) is 5.56 Å². The Hall–Kier alpha value is -5.34. The number of aromatic nitrogens is 2. The highest BCUT2D eigenvalue weighted by Crippen LogP contribution is 2.65. The molecule has 51 heavy (non-hydrogen) atoms. The van der Waals surface area contributed by atoms with Gasteiger partial charge in [0.25, 0.3) is 0 Å². The molecule has 2 saturated carbocycles. The zero-order valence-electron chi connectivity index (χ0n) is 29.2. The smallest absolute Gasteiger partial charge is 0.0979 e. The van der Waals surface area contributed by atoms with E-state index in [1.165, 1.54) is 63.9 Å². The van der Waals surface area contributed by atoms with Crippen LogP contribution in [0.2, 0.25) is 0 Å². The molecule has 246 valence electrons. The van der Waals surface area contributed by atoms with Crippen molar-refractivity contribution in [2.45, 2.75) is 44.9 Å². The van der Waals surface area contributed by atoms with Gasteiger partial charge >= 0.3 is 0 Å². The van der Waals surface area contributed by atoms with Crippen molar-refractivity contribution < 1.29 is 0 Å². The molecule has 3 aliphatic carbocycles. The minimum atomic E-state index is -0.0179. The third-order valence-corrected chi connectivity index (χ3v) is 13.1. The van der Waals surface area contributed by atoms with Crippen LogP contribution in [-0.2, 0) is 5.41 Å². The van der Waals surface area contributed by atoms with Crippen LogP contribution in [0.1, 0.15) is 50.7 Å². The maximum Gasteiger partial charge on any atom is 0.0979 e. The summed E-state index contributed by atoms with van der Waals surface area (Å²) in [5.74, 6) is 2.76. The third-order valence-electron chi connectivity index (χ3n) is 13.1. The van der Waals surface area contributed by atoms with Crippen LogP contribution in [0, 0.1) is 23.7 Å². The van der Waals surface area contributed by atoms with E-state index in [4.69, 9.17) is 9.97 Å². The molecule has 2 fully saturated rings. The molecule has 8 aromatic rings. The monoisotopic (exact) mass is 656 g/mol. The Morgan fingerprint density at radius 2 is 1.08 bits per heavy atom. The fourth-order valence-corrected chi connectivity index (χ4v) is 11.2. The summed E-state index contributed by atoms with van der Waals surface area (Å²) in [7, 11) is 0. The summed E-state index contributed by atoms with van der Waals surface area (Å²) in [4.78, 5) is 11.3. The average molecular weight is 657 g/mol. The first kappa shape index (κ1) is 29.4. The van der Waals surface area contributed by atoms with Crippen molar-refractivity contribution >= 4 is 43.4 Å². The van der Waals surface area contributed by atoms with Gasteiger partial charge in [-0.25, -0.2) is 9.97 Å². The van der Waals surface area contributed by atoms with Gasteiger partial charge in [0.1, 0.15) is 0 Å². The van der Waals surface area contributed by atoms with Crippen molar-refractivity contribution in [2.24, 2.45) is 23.7 Å². The topological polar surface area (TPSA) is 25.8 Å². The van der Waals surface area contributed by atoms with Gasteiger partial charge in [0.2, 0.25) is 0 Å². The molecular weight excluding hydrogens is 617 g/mol. The molecule has 1 spiro atoms. The molecule has 3 aliphatic rings. The zero-order valence-corrected chi connectivity index (χ0v) is 29.2. The van der Waals surface area contributed by atoms with Crippen molar-refractivity contribution in [2.75, 3.05) is 0 Å². The molecule has 7 aromatic carbocycles. The molecule has 0 saturated heterocycles. The number of fused-ring (bicyclic) bond motifs is 15. The minimum absolute atomic E-state index is 0.0179. The van der Waals surface area contributed by atoms with Crippen molar-refractivity contribution in [1.29, 1.82) is 0 Å². The molecule has 5 unspecified atom stereocenters. The van der Waals surface area contributed by atoms with E-state index in [9.17, 15) is 0 Å². The minimum Gasteiger partial charge on any atom is -0.243 e. The molecule has 11 rings (SSSR count). The predicted molar refractivity (Wildman–Crippen MR) is 213 cm³/mol. The Labute approximate surface area is 299 Å². The second kappa shape index (κ2) is 10.8. The standard InChI is InChI=1S/C49H40N2/c1-29-22-31-24-30(2)49(36(23-29)25-31)43-28-35(20-21-39(43)42-26-33-14-6-7-15-34(33)27-44(42)49)46-45(32-12-4-3-5-13-32)50-47-40-18-10-8-16-37(40)38-17-9-11-19-41(38)48(47)51-46/h3-21,26-31,36H,22-25H2,1-2H3. The lowest BCUT2D eigenvalue weighted by Crippen LogP contribution is -2.49.